The first-order valence-corrected chi connectivity index (χ1v) is 11.8. The zero-order valence-electron chi connectivity index (χ0n) is 16.3. The highest BCUT2D eigenvalue weighted by atomic mass is 32.2. The van der Waals surface area contributed by atoms with Gasteiger partial charge in [-0.3, -0.25) is 4.79 Å². The third-order valence-electron chi connectivity index (χ3n) is 6.69. The summed E-state index contributed by atoms with van der Waals surface area (Å²) in [4.78, 5) is 23.8. The molecule has 4 bridgehead atoms. The number of hydrogen-bond acceptors (Lipinski definition) is 6. The van der Waals surface area contributed by atoms with E-state index >= 15 is 0 Å². The molecule has 0 aromatic rings. The van der Waals surface area contributed by atoms with E-state index in [1.54, 1.807) is 23.5 Å². The van der Waals surface area contributed by atoms with Gasteiger partial charge in [0.15, 0.2) is 6.61 Å². The van der Waals surface area contributed by atoms with Gasteiger partial charge in [-0.25, -0.2) is 13.6 Å². The van der Waals surface area contributed by atoms with Crippen LogP contribution < -0.4 is 0 Å². The van der Waals surface area contributed by atoms with E-state index in [9.17, 15) is 31.5 Å². The molecule has 0 aromatic carbocycles. The van der Waals surface area contributed by atoms with Gasteiger partial charge < -0.3 is 9.47 Å². The third-order valence-corrected chi connectivity index (χ3v) is 10.9. The average Bonchev–Trinajstić information content (AvgIpc) is 3.05. The highest BCUT2D eigenvalue weighted by Crippen LogP contribution is 2.73. The lowest BCUT2D eigenvalue weighted by Gasteiger charge is -2.62. The van der Waals surface area contributed by atoms with Crippen molar-refractivity contribution in [3.63, 3.8) is 0 Å². The van der Waals surface area contributed by atoms with Gasteiger partial charge in [0.2, 0.25) is 0 Å². The fraction of sp³-hybridized carbons (Fsp3) is 0.895. The molecule has 0 N–H and O–H groups in total. The minimum atomic E-state index is -5.00. The van der Waals surface area contributed by atoms with Crippen LogP contribution in [0.3, 0.4) is 0 Å². The molecule has 1 spiro atoms. The molecule has 0 aromatic heterocycles. The number of thioether (sulfide) groups is 2. The molecule has 5 fully saturated rings. The molecule has 4 nitrogen and oxygen atoms in total. The van der Waals surface area contributed by atoms with Crippen molar-refractivity contribution in [1.29, 1.82) is 0 Å². The molecule has 170 valence electrons. The number of ether oxygens (including phenoxy) is 2. The maximum atomic E-state index is 13.2. The number of esters is 2. The van der Waals surface area contributed by atoms with E-state index in [2.05, 4.69) is 4.74 Å². The number of halogens is 5. The Balaban J connectivity index is 1.42. The average molecular weight is 475 g/mol. The Bertz CT molecular complexity index is 707. The molecule has 3 atom stereocenters. The second-order valence-electron chi connectivity index (χ2n) is 9.14. The molecule has 30 heavy (non-hydrogen) atoms. The van der Waals surface area contributed by atoms with Crippen LogP contribution in [-0.2, 0) is 19.1 Å². The van der Waals surface area contributed by atoms with Crippen molar-refractivity contribution in [3.05, 3.63) is 0 Å². The Morgan fingerprint density at radius 1 is 1.03 bits per heavy atom. The van der Waals surface area contributed by atoms with E-state index < -0.39 is 36.1 Å². The van der Waals surface area contributed by atoms with Crippen molar-refractivity contribution in [2.24, 2.45) is 23.2 Å². The molecule has 1 saturated heterocycles. The van der Waals surface area contributed by atoms with Crippen molar-refractivity contribution in [2.75, 3.05) is 19.0 Å². The van der Waals surface area contributed by atoms with Crippen LogP contribution in [-0.4, -0.2) is 52.3 Å². The van der Waals surface area contributed by atoms with E-state index in [1.807, 2.05) is 0 Å². The Kier molecular flexibility index (Phi) is 5.56. The summed E-state index contributed by atoms with van der Waals surface area (Å²) in [7, 11) is 0. The smallest absolute Gasteiger partial charge is 0.459 e. The molecule has 11 heteroatoms. The molecule has 4 aliphatic carbocycles. The zero-order chi connectivity index (χ0) is 21.9. The van der Waals surface area contributed by atoms with Gasteiger partial charge in [-0.05, 0) is 49.9 Å². The largest absolute Gasteiger partial charge is 0.490 e. The van der Waals surface area contributed by atoms with Crippen molar-refractivity contribution in [2.45, 2.75) is 60.5 Å². The second kappa shape index (κ2) is 7.42. The van der Waals surface area contributed by atoms with Crippen LogP contribution in [0.4, 0.5) is 22.0 Å². The molecule has 1 heterocycles. The van der Waals surface area contributed by atoms with Crippen LogP contribution in [0.25, 0.3) is 0 Å². The molecule has 3 unspecified atom stereocenters. The van der Waals surface area contributed by atoms with Gasteiger partial charge >= 0.3 is 18.1 Å². The monoisotopic (exact) mass is 474 g/mol. The lowest BCUT2D eigenvalue weighted by Crippen LogP contribution is -2.60. The Hall–Kier alpha value is -0.710. The van der Waals surface area contributed by atoms with Gasteiger partial charge in [0.25, 0.3) is 5.92 Å². The van der Waals surface area contributed by atoms with Crippen LogP contribution in [0, 0.1) is 23.2 Å². The van der Waals surface area contributed by atoms with Gasteiger partial charge in [0.1, 0.15) is 6.61 Å². The maximum Gasteiger partial charge on any atom is 0.490 e. The first-order valence-electron chi connectivity index (χ1n) is 9.94. The van der Waals surface area contributed by atoms with Crippen molar-refractivity contribution in [3.8, 4) is 0 Å². The van der Waals surface area contributed by atoms with E-state index in [0.717, 1.165) is 12.8 Å². The summed E-state index contributed by atoms with van der Waals surface area (Å²) in [6, 6.07) is 0. The lowest BCUT2D eigenvalue weighted by atomic mass is 9.49. The van der Waals surface area contributed by atoms with Crippen molar-refractivity contribution < 1.29 is 41.0 Å². The van der Waals surface area contributed by atoms with Gasteiger partial charge in [-0.2, -0.15) is 13.2 Å². The Morgan fingerprint density at radius 3 is 2.23 bits per heavy atom. The quantitative estimate of drug-likeness (QED) is 0.427. The summed E-state index contributed by atoms with van der Waals surface area (Å²) in [5, 5.41) is -0.236. The van der Waals surface area contributed by atoms with E-state index in [4.69, 9.17) is 4.74 Å². The first-order chi connectivity index (χ1) is 13.8. The fourth-order valence-electron chi connectivity index (χ4n) is 5.83. The summed E-state index contributed by atoms with van der Waals surface area (Å²) < 4.78 is 72.7. The number of carbonyl (C=O) groups is 2. The minimum Gasteiger partial charge on any atom is -0.459 e. The Labute approximate surface area is 179 Å². The second-order valence-corrected chi connectivity index (χ2v) is 12.3. The minimum absolute atomic E-state index is 0.164. The highest BCUT2D eigenvalue weighted by molar-refractivity contribution is 8.21. The van der Waals surface area contributed by atoms with Crippen LogP contribution in [0.1, 0.15) is 39.0 Å². The number of carbonyl (C=O) groups excluding carboxylic acids is 2. The number of rotatable bonds is 5. The van der Waals surface area contributed by atoms with Gasteiger partial charge in [0.05, 0.1) is 9.49 Å². The molecular weight excluding hydrogens is 451 g/mol. The van der Waals surface area contributed by atoms with Crippen molar-refractivity contribution >= 4 is 35.5 Å². The summed E-state index contributed by atoms with van der Waals surface area (Å²) in [6.45, 7) is -0.499. The normalized spacial score (nSPS) is 40.1. The summed E-state index contributed by atoms with van der Waals surface area (Å²) in [5.74, 6) is -4.54. The number of hydrogen-bond donors (Lipinski definition) is 0. The predicted molar refractivity (Wildman–Crippen MR) is 101 cm³/mol. The van der Waals surface area contributed by atoms with Gasteiger partial charge in [-0.15, -0.1) is 23.5 Å². The molecule has 5 rings (SSSR count). The third kappa shape index (κ3) is 4.04. The predicted octanol–water partition coefficient (Wildman–Crippen LogP) is 4.66. The van der Waals surface area contributed by atoms with Crippen LogP contribution in [0.5, 0.6) is 0 Å². The van der Waals surface area contributed by atoms with Crippen LogP contribution in [0.2, 0.25) is 0 Å². The summed E-state index contributed by atoms with van der Waals surface area (Å²) in [6.07, 6.45) is -1.38. The van der Waals surface area contributed by atoms with E-state index in [0.29, 0.717) is 37.9 Å². The van der Waals surface area contributed by atoms with Gasteiger partial charge in [-0.1, -0.05) is 0 Å². The van der Waals surface area contributed by atoms with Crippen LogP contribution >= 0.6 is 23.5 Å². The maximum absolute atomic E-state index is 13.2. The topological polar surface area (TPSA) is 52.6 Å². The first kappa shape index (κ1) is 22.5. The standard InChI is InChI=1S/C19H23F5O4S2/c1-16(20,21)9-28-14(25)17-4-10-2-11(5-17)18(12(3-10)6-17)29-8-13(30-18)7-27-15(26)19(22,23)24/h10-13H,2-9H2,1H3. The SMILES string of the molecule is CC(F)(F)COC(=O)C12CC3CC(C1)C1(SCC(COC(=O)C(F)(F)F)S1)C(C3)C2. The molecular formula is C19H23F5O4S2. The van der Waals surface area contributed by atoms with Crippen molar-refractivity contribution in [1.82, 2.24) is 0 Å². The Morgan fingerprint density at radius 2 is 1.67 bits per heavy atom. The summed E-state index contributed by atoms with van der Waals surface area (Å²) >= 11 is 3.27. The molecule has 5 aliphatic rings. The van der Waals surface area contributed by atoms with E-state index in [-0.39, 0.29) is 27.8 Å². The van der Waals surface area contributed by atoms with E-state index in [1.165, 1.54) is 0 Å². The molecule has 1 aliphatic heterocycles. The zero-order valence-corrected chi connectivity index (χ0v) is 17.9. The molecule has 0 amide bonds. The molecule has 4 saturated carbocycles. The van der Waals surface area contributed by atoms with Gasteiger partial charge in [0, 0.05) is 17.9 Å². The fourth-order valence-corrected chi connectivity index (χ4v) is 9.97. The lowest BCUT2D eigenvalue weighted by molar-refractivity contribution is -0.199. The van der Waals surface area contributed by atoms with Crippen LogP contribution in [0.15, 0.2) is 0 Å². The summed E-state index contributed by atoms with van der Waals surface area (Å²) in [5.41, 5.74) is -0.727. The highest BCUT2D eigenvalue weighted by Gasteiger charge is 2.67. The number of alkyl halides is 5. The molecule has 0 radical (unpaired) electrons.